The van der Waals surface area contributed by atoms with Crippen molar-refractivity contribution < 1.29 is 9.47 Å². The Bertz CT molecular complexity index is 598. The van der Waals surface area contributed by atoms with Gasteiger partial charge in [-0.15, -0.1) is 0 Å². The fraction of sp³-hybridized carbons (Fsp3) is 0.714. The molecule has 3 heterocycles. The summed E-state index contributed by atoms with van der Waals surface area (Å²) >= 11 is 0. The fourth-order valence-electron chi connectivity index (χ4n) is 3.54. The number of nitrogens with zero attached hydrogens (tertiary/aromatic N) is 3. The highest BCUT2D eigenvalue weighted by Crippen LogP contribution is 2.18. The van der Waals surface area contributed by atoms with Gasteiger partial charge < -0.3 is 25.0 Å². The van der Waals surface area contributed by atoms with Gasteiger partial charge in [-0.25, -0.2) is 9.98 Å². The van der Waals surface area contributed by atoms with Crippen LogP contribution in [0.3, 0.4) is 0 Å². The third-order valence-corrected chi connectivity index (χ3v) is 5.11. The molecule has 1 aromatic rings. The van der Waals surface area contributed by atoms with Crippen molar-refractivity contribution in [3.63, 3.8) is 0 Å². The SMILES string of the molecule is CCNC(=NCc1ccnc(N2CCCCC2)c1)NCCCOC1CCOC1. The number of ether oxygens (including phenoxy) is 2. The Hall–Kier alpha value is -1.86. The van der Waals surface area contributed by atoms with Crippen molar-refractivity contribution in [3.05, 3.63) is 23.9 Å². The molecule has 1 aromatic heterocycles. The average Bonchev–Trinajstić information content (AvgIpc) is 3.26. The normalized spacial score (nSPS) is 20.4. The van der Waals surface area contributed by atoms with Crippen LogP contribution in [0.15, 0.2) is 23.3 Å². The molecule has 0 amide bonds. The Labute approximate surface area is 168 Å². The Balaban J connectivity index is 1.43. The minimum Gasteiger partial charge on any atom is -0.379 e. The van der Waals surface area contributed by atoms with Crippen LogP contribution in [0.1, 0.15) is 44.6 Å². The molecule has 7 nitrogen and oxygen atoms in total. The van der Waals surface area contributed by atoms with Crippen LogP contribution in [0.5, 0.6) is 0 Å². The maximum Gasteiger partial charge on any atom is 0.191 e. The number of nitrogens with one attached hydrogen (secondary N) is 2. The van der Waals surface area contributed by atoms with Crippen molar-refractivity contribution in [1.29, 1.82) is 0 Å². The Morgan fingerprint density at radius 1 is 1.32 bits per heavy atom. The van der Waals surface area contributed by atoms with Gasteiger partial charge in [0, 0.05) is 45.6 Å². The van der Waals surface area contributed by atoms with E-state index in [4.69, 9.17) is 14.5 Å². The molecular weight excluding hydrogens is 354 g/mol. The predicted molar refractivity (Wildman–Crippen MR) is 113 cm³/mol. The summed E-state index contributed by atoms with van der Waals surface area (Å²) in [4.78, 5) is 11.7. The number of piperidine rings is 1. The second-order valence-corrected chi connectivity index (χ2v) is 7.40. The molecule has 2 aliphatic rings. The molecule has 0 bridgehead atoms. The average molecular weight is 390 g/mol. The molecule has 0 aromatic carbocycles. The Morgan fingerprint density at radius 2 is 2.21 bits per heavy atom. The van der Waals surface area contributed by atoms with Gasteiger partial charge in [0.25, 0.3) is 0 Å². The molecule has 0 saturated carbocycles. The van der Waals surface area contributed by atoms with E-state index in [1.807, 2.05) is 6.20 Å². The molecule has 2 N–H and O–H groups in total. The number of hydrogen-bond acceptors (Lipinski definition) is 5. The van der Waals surface area contributed by atoms with E-state index in [1.165, 1.54) is 24.8 Å². The van der Waals surface area contributed by atoms with Gasteiger partial charge in [-0.05, 0) is 56.7 Å². The molecule has 2 aliphatic heterocycles. The van der Waals surface area contributed by atoms with E-state index < -0.39 is 0 Å². The van der Waals surface area contributed by atoms with Crippen LogP contribution in [0, 0.1) is 0 Å². The van der Waals surface area contributed by atoms with E-state index in [2.05, 4.69) is 39.6 Å². The summed E-state index contributed by atoms with van der Waals surface area (Å²) < 4.78 is 11.1. The van der Waals surface area contributed by atoms with E-state index in [-0.39, 0.29) is 6.10 Å². The zero-order chi connectivity index (χ0) is 19.4. The summed E-state index contributed by atoms with van der Waals surface area (Å²) in [7, 11) is 0. The van der Waals surface area contributed by atoms with Crippen molar-refractivity contribution in [2.45, 2.75) is 51.7 Å². The number of anilines is 1. The second kappa shape index (κ2) is 11.9. The standard InChI is InChI=1S/C21H35N5O2/c1-2-22-21(24-9-6-13-28-19-8-14-27-17-19)25-16-18-7-10-23-20(15-18)26-11-4-3-5-12-26/h7,10,15,19H,2-6,8-9,11-14,16-17H2,1H3,(H2,22,24,25). The van der Waals surface area contributed by atoms with Crippen molar-refractivity contribution in [3.8, 4) is 0 Å². The van der Waals surface area contributed by atoms with E-state index >= 15 is 0 Å². The van der Waals surface area contributed by atoms with Crippen molar-refractivity contribution in [1.82, 2.24) is 15.6 Å². The van der Waals surface area contributed by atoms with Crippen LogP contribution in [0.25, 0.3) is 0 Å². The molecule has 0 aliphatic carbocycles. The first-order chi connectivity index (χ1) is 13.8. The number of guanidine groups is 1. The van der Waals surface area contributed by atoms with Crippen LogP contribution in [-0.4, -0.2) is 63.0 Å². The molecule has 28 heavy (non-hydrogen) atoms. The molecule has 0 spiro atoms. The summed E-state index contributed by atoms with van der Waals surface area (Å²) in [5.74, 6) is 1.93. The van der Waals surface area contributed by atoms with Gasteiger partial charge in [0.15, 0.2) is 5.96 Å². The fourth-order valence-corrected chi connectivity index (χ4v) is 3.54. The Kier molecular flexibility index (Phi) is 8.84. The van der Waals surface area contributed by atoms with Gasteiger partial charge in [0.2, 0.25) is 0 Å². The predicted octanol–water partition coefficient (Wildman–Crippen LogP) is 2.32. The number of rotatable bonds is 9. The van der Waals surface area contributed by atoms with Gasteiger partial charge in [0.05, 0.1) is 19.3 Å². The first kappa shape index (κ1) is 20.9. The lowest BCUT2D eigenvalue weighted by molar-refractivity contribution is 0.0420. The molecular formula is C21H35N5O2. The molecule has 2 saturated heterocycles. The van der Waals surface area contributed by atoms with E-state index in [9.17, 15) is 0 Å². The minimum atomic E-state index is 0.280. The molecule has 0 radical (unpaired) electrons. The van der Waals surface area contributed by atoms with Crippen LogP contribution in [0.2, 0.25) is 0 Å². The molecule has 1 unspecified atom stereocenters. The van der Waals surface area contributed by atoms with Crippen molar-refractivity contribution in [2.24, 2.45) is 4.99 Å². The largest absolute Gasteiger partial charge is 0.379 e. The molecule has 7 heteroatoms. The van der Waals surface area contributed by atoms with Crippen LogP contribution < -0.4 is 15.5 Å². The summed E-state index contributed by atoms with van der Waals surface area (Å²) in [5.41, 5.74) is 1.19. The van der Waals surface area contributed by atoms with E-state index in [0.29, 0.717) is 6.54 Å². The minimum absolute atomic E-state index is 0.280. The van der Waals surface area contributed by atoms with Gasteiger partial charge >= 0.3 is 0 Å². The topological polar surface area (TPSA) is 71.0 Å². The van der Waals surface area contributed by atoms with Crippen LogP contribution in [-0.2, 0) is 16.0 Å². The summed E-state index contributed by atoms with van der Waals surface area (Å²) in [6.07, 6.45) is 8.00. The zero-order valence-corrected chi connectivity index (χ0v) is 17.2. The van der Waals surface area contributed by atoms with E-state index in [1.54, 1.807) is 0 Å². The van der Waals surface area contributed by atoms with E-state index in [0.717, 1.165) is 70.6 Å². The lowest BCUT2D eigenvalue weighted by Gasteiger charge is -2.27. The molecule has 1 atom stereocenters. The monoisotopic (exact) mass is 389 g/mol. The highest BCUT2D eigenvalue weighted by atomic mass is 16.5. The van der Waals surface area contributed by atoms with Crippen molar-refractivity contribution in [2.75, 3.05) is 50.9 Å². The number of pyridine rings is 1. The zero-order valence-electron chi connectivity index (χ0n) is 17.2. The number of hydrogen-bond donors (Lipinski definition) is 2. The summed E-state index contributed by atoms with van der Waals surface area (Å²) in [6.45, 7) is 8.96. The maximum atomic E-state index is 5.81. The highest BCUT2D eigenvalue weighted by Gasteiger charge is 2.15. The molecule has 3 rings (SSSR count). The number of aliphatic imine (C=N–C) groups is 1. The molecule has 2 fully saturated rings. The second-order valence-electron chi connectivity index (χ2n) is 7.40. The first-order valence-corrected chi connectivity index (χ1v) is 10.8. The van der Waals surface area contributed by atoms with Crippen LogP contribution in [0.4, 0.5) is 5.82 Å². The smallest absolute Gasteiger partial charge is 0.191 e. The summed E-state index contributed by atoms with van der Waals surface area (Å²) in [6, 6.07) is 4.23. The third-order valence-electron chi connectivity index (χ3n) is 5.11. The summed E-state index contributed by atoms with van der Waals surface area (Å²) in [5, 5.41) is 6.71. The van der Waals surface area contributed by atoms with Gasteiger partial charge in [-0.3, -0.25) is 0 Å². The van der Waals surface area contributed by atoms with Crippen molar-refractivity contribution >= 4 is 11.8 Å². The van der Waals surface area contributed by atoms with Gasteiger partial charge in [-0.2, -0.15) is 0 Å². The third kappa shape index (κ3) is 6.95. The maximum absolute atomic E-state index is 5.81. The quantitative estimate of drug-likeness (QED) is 0.384. The van der Waals surface area contributed by atoms with Crippen LogP contribution >= 0.6 is 0 Å². The van der Waals surface area contributed by atoms with Gasteiger partial charge in [-0.1, -0.05) is 0 Å². The number of aromatic nitrogens is 1. The lowest BCUT2D eigenvalue weighted by atomic mass is 10.1. The highest BCUT2D eigenvalue weighted by molar-refractivity contribution is 5.79. The Morgan fingerprint density at radius 3 is 3.00 bits per heavy atom. The first-order valence-electron chi connectivity index (χ1n) is 10.8. The molecule has 156 valence electrons. The van der Waals surface area contributed by atoms with Gasteiger partial charge in [0.1, 0.15) is 5.82 Å². The lowest BCUT2D eigenvalue weighted by Crippen LogP contribution is -2.38.